The summed E-state index contributed by atoms with van der Waals surface area (Å²) in [5.41, 5.74) is 1.33. The second kappa shape index (κ2) is 6.29. The third-order valence-electron chi connectivity index (χ3n) is 5.38. The molecule has 0 amide bonds. The van der Waals surface area contributed by atoms with Gasteiger partial charge in [-0.15, -0.1) is 5.10 Å². The van der Waals surface area contributed by atoms with Crippen LogP contribution >= 0.6 is 0 Å². The number of halogens is 1. The van der Waals surface area contributed by atoms with Gasteiger partial charge in [0.1, 0.15) is 5.52 Å². The van der Waals surface area contributed by atoms with Gasteiger partial charge in [-0.3, -0.25) is 0 Å². The monoisotopic (exact) mass is 334 g/mol. The topological polar surface area (TPSA) is 71.7 Å². The van der Waals surface area contributed by atoms with E-state index in [0.717, 1.165) is 12.1 Å². The Balaban J connectivity index is 1.66. The van der Waals surface area contributed by atoms with Crippen molar-refractivity contribution in [3.63, 3.8) is 0 Å². The zero-order valence-electron chi connectivity index (χ0n) is 13.8. The average Bonchev–Trinajstić information content (AvgIpc) is 3.13. The number of aliphatic hydroxyl groups excluding tert-OH is 1. The van der Waals surface area contributed by atoms with E-state index in [2.05, 4.69) is 22.3 Å². The van der Waals surface area contributed by atoms with Gasteiger partial charge in [-0.2, -0.15) is 0 Å². The molecule has 1 aliphatic carbocycles. The molecule has 2 aliphatic rings. The molecule has 24 heavy (non-hydrogen) atoms. The highest BCUT2D eigenvalue weighted by Gasteiger charge is 2.29. The molecule has 1 saturated heterocycles. The van der Waals surface area contributed by atoms with Crippen LogP contribution in [0.1, 0.15) is 44.2 Å². The molecule has 4 atom stereocenters. The molecule has 0 radical (unpaired) electrons. The molecule has 0 bridgehead atoms. The summed E-state index contributed by atoms with van der Waals surface area (Å²) in [6.45, 7) is 3.12. The molecule has 7 heteroatoms. The minimum absolute atomic E-state index is 0.148. The minimum Gasteiger partial charge on any atom is -0.389 e. The Hall–Kier alpha value is -1.73. The lowest BCUT2D eigenvalue weighted by atomic mass is 9.95. The highest BCUT2D eigenvalue weighted by molar-refractivity contribution is 5.50. The van der Waals surface area contributed by atoms with Gasteiger partial charge in [-0.05, 0) is 24.8 Å². The lowest BCUT2D eigenvalue weighted by Gasteiger charge is -2.28. The number of hydrogen-bond donors (Lipinski definition) is 2. The van der Waals surface area contributed by atoms with E-state index in [1.54, 1.807) is 10.6 Å². The first kappa shape index (κ1) is 15.8. The second-order valence-corrected chi connectivity index (χ2v) is 6.99. The predicted molar refractivity (Wildman–Crippen MR) is 87.6 cm³/mol. The van der Waals surface area contributed by atoms with Crippen LogP contribution in [0.25, 0.3) is 5.52 Å². The van der Waals surface area contributed by atoms with Gasteiger partial charge in [0, 0.05) is 18.2 Å². The fourth-order valence-corrected chi connectivity index (χ4v) is 3.95. The number of anilines is 1. The molecule has 1 aliphatic heterocycles. The third kappa shape index (κ3) is 2.75. The van der Waals surface area contributed by atoms with Crippen LogP contribution in [0.4, 0.5) is 10.3 Å². The van der Waals surface area contributed by atoms with Crippen molar-refractivity contribution in [3.8, 4) is 0 Å². The van der Waals surface area contributed by atoms with E-state index in [-0.39, 0.29) is 11.9 Å². The molecule has 0 aromatic carbocycles. The van der Waals surface area contributed by atoms with Crippen molar-refractivity contribution < 1.29 is 14.2 Å². The van der Waals surface area contributed by atoms with Crippen LogP contribution in [0.15, 0.2) is 12.3 Å². The van der Waals surface area contributed by atoms with Crippen LogP contribution in [-0.4, -0.2) is 45.1 Å². The van der Waals surface area contributed by atoms with Crippen LogP contribution < -0.4 is 5.32 Å². The van der Waals surface area contributed by atoms with E-state index >= 15 is 0 Å². The molecule has 1 saturated carbocycles. The summed E-state index contributed by atoms with van der Waals surface area (Å²) in [6, 6.07) is 1.45. The van der Waals surface area contributed by atoms with Gasteiger partial charge in [-0.25, -0.2) is 13.9 Å². The highest BCUT2D eigenvalue weighted by atomic mass is 19.1. The number of rotatable bonds is 3. The molecule has 4 rings (SSSR count). The Morgan fingerprint density at radius 3 is 3.00 bits per heavy atom. The minimum atomic E-state index is -0.589. The van der Waals surface area contributed by atoms with Gasteiger partial charge in [-0.1, -0.05) is 19.8 Å². The van der Waals surface area contributed by atoms with Gasteiger partial charge in [0.2, 0.25) is 5.95 Å². The van der Waals surface area contributed by atoms with E-state index in [9.17, 15) is 9.50 Å². The van der Waals surface area contributed by atoms with Crippen molar-refractivity contribution >= 4 is 11.5 Å². The van der Waals surface area contributed by atoms with Crippen molar-refractivity contribution in [1.29, 1.82) is 0 Å². The summed E-state index contributed by atoms with van der Waals surface area (Å²) in [5.74, 6) is 1.00. The van der Waals surface area contributed by atoms with E-state index in [1.807, 2.05) is 0 Å². The second-order valence-electron chi connectivity index (χ2n) is 6.99. The van der Waals surface area contributed by atoms with Crippen LogP contribution in [0.5, 0.6) is 0 Å². The molecule has 0 unspecified atom stereocenters. The van der Waals surface area contributed by atoms with Crippen molar-refractivity contribution in [2.45, 2.75) is 50.7 Å². The zero-order chi connectivity index (χ0) is 16.7. The average molecular weight is 334 g/mol. The van der Waals surface area contributed by atoms with Crippen LogP contribution in [0, 0.1) is 11.7 Å². The van der Waals surface area contributed by atoms with Crippen molar-refractivity contribution in [2.75, 3.05) is 18.5 Å². The molecule has 2 aromatic heterocycles. The smallest absolute Gasteiger partial charge is 0.241 e. The van der Waals surface area contributed by atoms with Crippen molar-refractivity contribution in [1.82, 2.24) is 14.6 Å². The summed E-state index contributed by atoms with van der Waals surface area (Å²) in [5, 5.41) is 17.7. The standard InChI is InChI=1S/C17H23FN4O2/c1-10-3-2-4-11(10)14-7-12(18)15-8-19-17(21-22(14)15)20-13-5-6-24-9-16(13)23/h7-8,10-11,13,16,23H,2-6,9H2,1H3,(H,20,21)/t10-,11-,13-,16-/m1/s1. The lowest BCUT2D eigenvalue weighted by molar-refractivity contribution is -0.0136. The fraction of sp³-hybridized carbons (Fsp3) is 0.647. The largest absolute Gasteiger partial charge is 0.389 e. The van der Waals surface area contributed by atoms with Gasteiger partial charge in [0.25, 0.3) is 0 Å². The number of fused-ring (bicyclic) bond motifs is 1. The van der Waals surface area contributed by atoms with Crippen LogP contribution in [0.3, 0.4) is 0 Å². The van der Waals surface area contributed by atoms with E-state index < -0.39 is 6.10 Å². The number of aliphatic hydroxyl groups is 1. The van der Waals surface area contributed by atoms with Gasteiger partial charge < -0.3 is 15.2 Å². The third-order valence-corrected chi connectivity index (χ3v) is 5.38. The Bertz CT molecular complexity index is 735. The first-order valence-corrected chi connectivity index (χ1v) is 8.70. The van der Waals surface area contributed by atoms with E-state index in [1.165, 1.54) is 19.0 Å². The van der Waals surface area contributed by atoms with Gasteiger partial charge >= 0.3 is 0 Å². The maximum atomic E-state index is 14.3. The number of ether oxygens (including phenoxy) is 1. The Labute approximate surface area is 140 Å². The molecule has 2 N–H and O–H groups in total. The molecule has 2 fully saturated rings. The first-order chi connectivity index (χ1) is 11.6. The summed E-state index contributed by atoms with van der Waals surface area (Å²) < 4.78 is 21.2. The number of aromatic nitrogens is 3. The molecule has 2 aromatic rings. The molecule has 3 heterocycles. The highest BCUT2D eigenvalue weighted by Crippen LogP contribution is 2.40. The van der Waals surface area contributed by atoms with Crippen LogP contribution in [0.2, 0.25) is 0 Å². The normalized spacial score (nSPS) is 30.8. The zero-order valence-corrected chi connectivity index (χ0v) is 13.8. The van der Waals surface area contributed by atoms with E-state index in [0.29, 0.717) is 42.9 Å². The fourth-order valence-electron chi connectivity index (χ4n) is 3.95. The maximum Gasteiger partial charge on any atom is 0.241 e. The Morgan fingerprint density at radius 1 is 1.38 bits per heavy atom. The predicted octanol–water partition coefficient (Wildman–Crippen LogP) is 2.33. The molecular weight excluding hydrogens is 311 g/mol. The van der Waals surface area contributed by atoms with Crippen molar-refractivity contribution in [3.05, 3.63) is 23.8 Å². The first-order valence-electron chi connectivity index (χ1n) is 8.70. The van der Waals surface area contributed by atoms with Gasteiger partial charge in [0.15, 0.2) is 5.82 Å². The summed E-state index contributed by atoms with van der Waals surface area (Å²) in [4.78, 5) is 4.22. The lowest BCUT2D eigenvalue weighted by Crippen LogP contribution is -2.42. The van der Waals surface area contributed by atoms with Crippen molar-refractivity contribution in [2.24, 2.45) is 5.92 Å². The van der Waals surface area contributed by atoms with Gasteiger partial charge in [0.05, 0.1) is 24.9 Å². The molecule has 130 valence electrons. The molecule has 6 nitrogen and oxygen atoms in total. The Morgan fingerprint density at radius 2 is 2.25 bits per heavy atom. The SMILES string of the molecule is C[C@@H]1CCC[C@H]1c1cc(F)c2cnc(N[C@@H]3CCOC[C@H]3O)nn12. The summed E-state index contributed by atoms with van der Waals surface area (Å²) >= 11 is 0. The van der Waals surface area contributed by atoms with Crippen LogP contribution in [-0.2, 0) is 4.74 Å². The number of hydrogen-bond acceptors (Lipinski definition) is 5. The molecule has 0 spiro atoms. The van der Waals surface area contributed by atoms with E-state index in [4.69, 9.17) is 4.74 Å². The summed E-state index contributed by atoms with van der Waals surface area (Å²) in [6.07, 6.45) is 5.02. The number of nitrogens with zero attached hydrogens (tertiary/aromatic N) is 3. The maximum absolute atomic E-state index is 14.3. The molecular formula is C17H23FN4O2. The summed E-state index contributed by atoms with van der Waals surface area (Å²) in [7, 11) is 0. The Kier molecular flexibility index (Phi) is 4.14. The number of nitrogens with one attached hydrogen (secondary N) is 1. The quantitative estimate of drug-likeness (QED) is 0.901.